The highest BCUT2D eigenvalue weighted by Gasteiger charge is 2.52. The summed E-state index contributed by atoms with van der Waals surface area (Å²) in [6, 6.07) is 8.36. The van der Waals surface area contributed by atoms with Gasteiger partial charge in [-0.1, -0.05) is 6.07 Å². The zero-order valence-corrected chi connectivity index (χ0v) is 14.2. The van der Waals surface area contributed by atoms with Gasteiger partial charge in [-0.25, -0.2) is 4.79 Å². The molecule has 134 valence electrons. The molecule has 0 bridgehead atoms. The van der Waals surface area contributed by atoms with Crippen LogP contribution in [0.25, 0.3) is 0 Å². The van der Waals surface area contributed by atoms with Gasteiger partial charge < -0.3 is 19.7 Å². The highest BCUT2D eigenvalue weighted by molar-refractivity contribution is 5.95. The molecular formula is C19H18N2O5. The molecule has 7 heteroatoms. The topological polar surface area (TPSA) is 99.7 Å². The summed E-state index contributed by atoms with van der Waals surface area (Å²) in [6.07, 6.45) is 2.51. The summed E-state index contributed by atoms with van der Waals surface area (Å²) in [5.41, 5.74) is 1.01. The van der Waals surface area contributed by atoms with Crippen molar-refractivity contribution in [3.63, 3.8) is 0 Å². The minimum absolute atomic E-state index is 0.0294. The van der Waals surface area contributed by atoms with E-state index in [2.05, 4.69) is 4.98 Å². The average molecular weight is 354 g/mol. The number of aromatic amines is 1. The standard InChI is InChI=1S/C19H18N2O5/c1-26-13-3-2-11-10-21(19(6-7-19)9-12(11)8-13)17(23)14-4-5-15(18(24)25)20-16(14)22/h2-5,8H,6-7,9-10H2,1H3,(H,20,22)(H,24,25). The number of benzene rings is 1. The lowest BCUT2D eigenvalue weighted by Crippen LogP contribution is -2.47. The molecule has 1 spiro atoms. The van der Waals surface area contributed by atoms with Crippen molar-refractivity contribution in [3.05, 3.63) is 63.1 Å². The molecule has 1 aromatic heterocycles. The molecule has 2 aromatic rings. The second-order valence-corrected chi connectivity index (χ2v) is 6.85. The van der Waals surface area contributed by atoms with Crippen molar-refractivity contribution in [2.45, 2.75) is 31.3 Å². The van der Waals surface area contributed by atoms with Gasteiger partial charge in [0.1, 0.15) is 17.0 Å². The van der Waals surface area contributed by atoms with Gasteiger partial charge in [0.05, 0.1) is 7.11 Å². The van der Waals surface area contributed by atoms with Crippen molar-refractivity contribution < 1.29 is 19.4 Å². The molecule has 1 fully saturated rings. The lowest BCUT2D eigenvalue weighted by Gasteiger charge is -2.37. The number of carbonyl (C=O) groups is 2. The van der Waals surface area contributed by atoms with E-state index in [-0.39, 0.29) is 22.7 Å². The van der Waals surface area contributed by atoms with E-state index in [4.69, 9.17) is 9.84 Å². The Hall–Kier alpha value is -3.09. The van der Waals surface area contributed by atoms with Crippen molar-refractivity contribution >= 4 is 11.9 Å². The van der Waals surface area contributed by atoms with Crippen LogP contribution in [-0.4, -0.2) is 39.5 Å². The first-order valence-corrected chi connectivity index (χ1v) is 8.38. The molecule has 0 radical (unpaired) electrons. The average Bonchev–Trinajstić information content (AvgIpc) is 3.39. The molecule has 4 rings (SSSR count). The summed E-state index contributed by atoms with van der Waals surface area (Å²) in [7, 11) is 1.63. The van der Waals surface area contributed by atoms with E-state index in [1.807, 2.05) is 18.2 Å². The van der Waals surface area contributed by atoms with Crippen molar-refractivity contribution in [1.29, 1.82) is 0 Å². The number of methoxy groups -OCH3 is 1. The molecule has 0 saturated heterocycles. The van der Waals surface area contributed by atoms with E-state index in [9.17, 15) is 14.4 Å². The van der Waals surface area contributed by atoms with E-state index < -0.39 is 11.5 Å². The van der Waals surface area contributed by atoms with Crippen LogP contribution in [0.2, 0.25) is 0 Å². The number of carboxylic acid groups (broad SMARTS) is 1. The van der Waals surface area contributed by atoms with Crippen molar-refractivity contribution in [2.24, 2.45) is 0 Å². The molecule has 1 aliphatic carbocycles. The number of aromatic carboxylic acids is 1. The lowest BCUT2D eigenvalue weighted by molar-refractivity contribution is 0.0600. The lowest BCUT2D eigenvalue weighted by atomic mass is 9.91. The molecule has 2 aliphatic rings. The zero-order chi connectivity index (χ0) is 18.5. The Labute approximate surface area is 149 Å². The van der Waals surface area contributed by atoms with Crippen LogP contribution in [0.4, 0.5) is 0 Å². The second kappa shape index (κ2) is 5.72. The summed E-state index contributed by atoms with van der Waals surface area (Å²) in [5, 5.41) is 8.96. The van der Waals surface area contributed by atoms with E-state index in [1.165, 1.54) is 17.7 Å². The van der Waals surface area contributed by atoms with Gasteiger partial charge in [-0.15, -0.1) is 0 Å². The number of carboxylic acids is 1. The van der Waals surface area contributed by atoms with Crippen molar-refractivity contribution in [3.8, 4) is 5.75 Å². The van der Waals surface area contributed by atoms with E-state index >= 15 is 0 Å². The summed E-state index contributed by atoms with van der Waals surface area (Å²) in [6.45, 7) is 0.429. The molecule has 0 unspecified atom stereocenters. The van der Waals surface area contributed by atoms with Gasteiger partial charge in [0.15, 0.2) is 0 Å². The first-order valence-electron chi connectivity index (χ1n) is 8.38. The summed E-state index contributed by atoms with van der Waals surface area (Å²) >= 11 is 0. The van der Waals surface area contributed by atoms with Gasteiger partial charge in [0.25, 0.3) is 11.5 Å². The molecule has 1 aliphatic heterocycles. The molecule has 1 amide bonds. The Morgan fingerprint density at radius 3 is 2.58 bits per heavy atom. The van der Waals surface area contributed by atoms with E-state index in [0.29, 0.717) is 6.54 Å². The van der Waals surface area contributed by atoms with Gasteiger partial charge in [-0.3, -0.25) is 9.59 Å². The quantitative estimate of drug-likeness (QED) is 0.876. The fourth-order valence-corrected chi connectivity index (χ4v) is 3.63. The van der Waals surface area contributed by atoms with Crippen LogP contribution in [0, 0.1) is 0 Å². The van der Waals surface area contributed by atoms with Gasteiger partial charge in [0, 0.05) is 12.1 Å². The molecule has 7 nitrogen and oxygen atoms in total. The van der Waals surface area contributed by atoms with E-state index in [1.54, 1.807) is 12.0 Å². The molecule has 2 heterocycles. The molecule has 26 heavy (non-hydrogen) atoms. The summed E-state index contributed by atoms with van der Waals surface area (Å²) in [4.78, 5) is 40.2. The Bertz CT molecular complexity index is 974. The Balaban J connectivity index is 1.68. The number of nitrogens with zero attached hydrogens (tertiary/aromatic N) is 1. The summed E-state index contributed by atoms with van der Waals surface area (Å²) < 4.78 is 5.28. The third-order valence-electron chi connectivity index (χ3n) is 5.28. The van der Waals surface area contributed by atoms with Crippen LogP contribution in [0.3, 0.4) is 0 Å². The number of aromatic nitrogens is 1. The number of ether oxygens (including phenoxy) is 1. The van der Waals surface area contributed by atoms with Gasteiger partial charge in [-0.2, -0.15) is 0 Å². The normalized spacial score (nSPS) is 16.9. The highest BCUT2D eigenvalue weighted by Crippen LogP contribution is 2.49. The van der Waals surface area contributed by atoms with Crippen LogP contribution in [0.15, 0.2) is 35.1 Å². The maximum absolute atomic E-state index is 13.0. The molecule has 1 saturated carbocycles. The third-order valence-corrected chi connectivity index (χ3v) is 5.28. The van der Waals surface area contributed by atoms with Crippen LogP contribution in [0.1, 0.15) is 44.8 Å². The van der Waals surface area contributed by atoms with Crippen LogP contribution < -0.4 is 10.3 Å². The molecule has 2 N–H and O–H groups in total. The Morgan fingerprint density at radius 1 is 1.19 bits per heavy atom. The van der Waals surface area contributed by atoms with Gasteiger partial charge in [0.2, 0.25) is 0 Å². The van der Waals surface area contributed by atoms with Crippen LogP contribution >= 0.6 is 0 Å². The predicted molar refractivity (Wildman–Crippen MR) is 92.6 cm³/mol. The van der Waals surface area contributed by atoms with Crippen molar-refractivity contribution in [2.75, 3.05) is 7.11 Å². The summed E-state index contributed by atoms with van der Waals surface area (Å²) in [5.74, 6) is -0.803. The number of amides is 1. The number of rotatable bonds is 3. The number of carbonyl (C=O) groups excluding carboxylic acids is 1. The van der Waals surface area contributed by atoms with Crippen LogP contribution in [0.5, 0.6) is 5.75 Å². The van der Waals surface area contributed by atoms with E-state index in [0.717, 1.165) is 30.6 Å². The number of hydrogen-bond acceptors (Lipinski definition) is 4. The molecule has 0 atom stereocenters. The van der Waals surface area contributed by atoms with Crippen molar-refractivity contribution in [1.82, 2.24) is 9.88 Å². The maximum atomic E-state index is 13.0. The fraction of sp³-hybridized carbons (Fsp3) is 0.316. The first kappa shape index (κ1) is 16.4. The predicted octanol–water partition coefficient (Wildman–Crippen LogP) is 1.81. The highest BCUT2D eigenvalue weighted by atomic mass is 16.5. The second-order valence-electron chi connectivity index (χ2n) is 6.85. The van der Waals surface area contributed by atoms with Crippen LogP contribution in [-0.2, 0) is 13.0 Å². The van der Waals surface area contributed by atoms with Gasteiger partial charge >= 0.3 is 5.97 Å². The number of fused-ring (bicyclic) bond motifs is 1. The molecular weight excluding hydrogens is 336 g/mol. The third kappa shape index (κ3) is 2.56. The smallest absolute Gasteiger partial charge is 0.352 e. The SMILES string of the molecule is COc1ccc2c(c1)CC1(CC1)N(C(=O)c1ccc(C(=O)O)[nH]c1=O)C2. The monoisotopic (exact) mass is 354 g/mol. The fourth-order valence-electron chi connectivity index (χ4n) is 3.63. The van der Waals surface area contributed by atoms with Gasteiger partial charge in [-0.05, 0) is 54.7 Å². The Morgan fingerprint density at radius 2 is 1.96 bits per heavy atom. The largest absolute Gasteiger partial charge is 0.497 e. The minimum atomic E-state index is -1.24. The maximum Gasteiger partial charge on any atom is 0.352 e. The number of pyridine rings is 1. The Kier molecular flexibility index (Phi) is 3.61. The first-order chi connectivity index (χ1) is 12.4. The molecule has 1 aromatic carbocycles. The number of nitrogens with one attached hydrogen (secondary N) is 1. The minimum Gasteiger partial charge on any atom is -0.497 e. The number of hydrogen-bond donors (Lipinski definition) is 2. The zero-order valence-electron chi connectivity index (χ0n) is 14.2. The number of H-pyrrole nitrogens is 1.